The van der Waals surface area contributed by atoms with E-state index in [4.69, 9.17) is 39.4 Å². The van der Waals surface area contributed by atoms with Crippen LogP contribution in [0.4, 0.5) is 5.95 Å². The Morgan fingerprint density at radius 1 is 1.04 bits per heavy atom. The van der Waals surface area contributed by atoms with E-state index in [0.717, 1.165) is 0 Å². The highest BCUT2D eigenvalue weighted by atomic mass is 16.7. The van der Waals surface area contributed by atoms with Gasteiger partial charge < -0.3 is 39.3 Å². The van der Waals surface area contributed by atoms with Crippen molar-refractivity contribution in [3.8, 4) is 17.6 Å². The lowest BCUT2D eigenvalue weighted by atomic mass is 9.79. The molecule has 52 heavy (non-hydrogen) atoms. The molecule has 270 valence electrons. The number of nitrogen functional groups attached to an aromatic ring is 1. The number of ketones is 1. The van der Waals surface area contributed by atoms with Gasteiger partial charge in [-0.05, 0) is 47.9 Å². The lowest BCUT2D eigenvalue weighted by molar-refractivity contribution is -0.163. The molecule has 1 aliphatic heterocycles. The van der Waals surface area contributed by atoms with Gasteiger partial charge in [-0.25, -0.2) is 4.98 Å². The Labute approximate surface area is 298 Å². The third-order valence-electron chi connectivity index (χ3n) is 8.85. The molecule has 1 fully saturated rings. The summed E-state index contributed by atoms with van der Waals surface area (Å²) < 4.78 is 37.4. The van der Waals surface area contributed by atoms with Gasteiger partial charge in [-0.3, -0.25) is 19.1 Å². The number of carbonyl (C=O) groups is 1. The van der Waals surface area contributed by atoms with Crippen LogP contribution in [0.5, 0.6) is 11.5 Å². The first-order chi connectivity index (χ1) is 25.2. The molecule has 0 saturated carbocycles. The largest absolute Gasteiger partial charge is 0.497 e. The van der Waals surface area contributed by atoms with Crippen molar-refractivity contribution in [2.75, 3.05) is 33.4 Å². The average Bonchev–Trinajstić information content (AvgIpc) is 3.73. The normalized spacial score (nSPS) is 19.3. The van der Waals surface area contributed by atoms with E-state index in [1.54, 1.807) is 38.5 Å². The van der Waals surface area contributed by atoms with E-state index in [0.29, 0.717) is 28.2 Å². The summed E-state index contributed by atoms with van der Waals surface area (Å²) in [5.41, 5.74) is 5.87. The van der Waals surface area contributed by atoms with Crippen LogP contribution >= 0.6 is 0 Å². The van der Waals surface area contributed by atoms with Crippen LogP contribution in [0.2, 0.25) is 0 Å². The van der Waals surface area contributed by atoms with Gasteiger partial charge in [0.05, 0.1) is 39.6 Å². The van der Waals surface area contributed by atoms with Gasteiger partial charge in [0.15, 0.2) is 23.2 Å². The first kappa shape index (κ1) is 36.2. The van der Waals surface area contributed by atoms with Crippen LogP contribution in [0, 0.1) is 11.3 Å². The number of nitrogens with one attached hydrogen (secondary N) is 1. The van der Waals surface area contributed by atoms with E-state index in [-0.39, 0.29) is 36.9 Å². The van der Waals surface area contributed by atoms with E-state index in [9.17, 15) is 14.7 Å². The van der Waals surface area contributed by atoms with Crippen molar-refractivity contribution >= 4 is 22.9 Å². The number of Topliss-reactive ketones (excluding diaryl/α,β-unsaturated/α-hetero) is 1. The number of carbonyl (C=O) groups excluding carboxylic acids is 1. The number of fused-ring (bicyclic) bond motifs is 1. The van der Waals surface area contributed by atoms with Crippen molar-refractivity contribution in [1.29, 1.82) is 5.26 Å². The van der Waals surface area contributed by atoms with Crippen molar-refractivity contribution in [2.24, 2.45) is 0 Å². The maximum Gasteiger partial charge on any atom is 0.280 e. The number of hydrogen-bond acceptors (Lipinski definition) is 13. The van der Waals surface area contributed by atoms with Crippen molar-refractivity contribution in [1.82, 2.24) is 19.5 Å². The van der Waals surface area contributed by atoms with Crippen molar-refractivity contribution < 1.29 is 38.3 Å². The second-order valence-corrected chi connectivity index (χ2v) is 12.0. The standard InChI is InChI=1S/C37H38N6O9/c1-22(44)30(31-29(45)32(50-21-49-19-7-18-38)35(51-31)43-20-40-28-33(43)41-36(39)42-34(28)46)52-37(23-8-5-4-6-9-23,24-10-14-26(47-2)15-11-24)25-12-16-27(48-3)17-13-25/h4-6,8-17,20,29-32,35,45H,7,19,21H2,1-3H3,(H3,39,41,42,46)/t29-,30?,31+,32-,35-/m1/s1. The van der Waals surface area contributed by atoms with Gasteiger partial charge in [0, 0.05) is 0 Å². The number of nitrogens with zero attached hydrogens (tertiary/aromatic N) is 4. The summed E-state index contributed by atoms with van der Waals surface area (Å²) in [7, 11) is 3.13. The number of benzene rings is 3. The van der Waals surface area contributed by atoms with E-state index in [1.165, 1.54) is 17.8 Å². The Balaban J connectivity index is 1.48. The summed E-state index contributed by atoms with van der Waals surface area (Å²) >= 11 is 0. The second kappa shape index (κ2) is 15.7. The summed E-state index contributed by atoms with van der Waals surface area (Å²) in [4.78, 5) is 37.3. The topological polar surface area (TPSA) is 206 Å². The number of methoxy groups -OCH3 is 2. The Hall–Kier alpha value is -5.63. The van der Waals surface area contributed by atoms with Crippen LogP contribution in [0.1, 0.15) is 36.3 Å². The minimum atomic E-state index is -1.49. The Morgan fingerprint density at radius 3 is 2.23 bits per heavy atom. The molecule has 15 nitrogen and oxygen atoms in total. The maximum atomic E-state index is 13.8. The fourth-order valence-electron chi connectivity index (χ4n) is 6.36. The molecule has 0 amide bonds. The molecule has 0 spiro atoms. The fraction of sp³-hybridized carbons (Fsp3) is 0.324. The fourth-order valence-corrected chi connectivity index (χ4v) is 6.36. The molecule has 15 heteroatoms. The highest BCUT2D eigenvalue weighted by molar-refractivity contribution is 5.81. The van der Waals surface area contributed by atoms with Gasteiger partial charge in [-0.1, -0.05) is 54.6 Å². The number of H-pyrrole nitrogens is 1. The number of aromatic nitrogens is 4. The van der Waals surface area contributed by atoms with Gasteiger partial charge >= 0.3 is 0 Å². The number of aliphatic hydroxyl groups excluding tert-OH is 1. The van der Waals surface area contributed by atoms with Gasteiger partial charge in [-0.2, -0.15) is 10.2 Å². The smallest absolute Gasteiger partial charge is 0.280 e. The predicted octanol–water partition coefficient (Wildman–Crippen LogP) is 3.22. The quantitative estimate of drug-likeness (QED) is 0.0812. The molecule has 1 unspecified atom stereocenters. The zero-order valence-electron chi connectivity index (χ0n) is 28.7. The lowest BCUT2D eigenvalue weighted by Crippen LogP contribution is -2.49. The molecule has 1 aliphatic rings. The molecule has 3 heterocycles. The van der Waals surface area contributed by atoms with Gasteiger partial charge in [-0.15, -0.1) is 0 Å². The van der Waals surface area contributed by atoms with Crippen LogP contribution in [-0.2, 0) is 29.3 Å². The monoisotopic (exact) mass is 710 g/mol. The Bertz CT molecular complexity index is 2030. The second-order valence-electron chi connectivity index (χ2n) is 12.0. The van der Waals surface area contributed by atoms with Crippen LogP contribution < -0.4 is 20.8 Å². The molecule has 4 N–H and O–H groups in total. The van der Waals surface area contributed by atoms with Gasteiger partial charge in [0.25, 0.3) is 5.56 Å². The number of anilines is 1. The molecular weight excluding hydrogens is 672 g/mol. The average molecular weight is 711 g/mol. The summed E-state index contributed by atoms with van der Waals surface area (Å²) in [6, 6.07) is 25.9. The van der Waals surface area contributed by atoms with E-state index < -0.39 is 47.6 Å². The zero-order chi connectivity index (χ0) is 36.8. The molecule has 0 radical (unpaired) electrons. The molecule has 0 aliphatic carbocycles. The summed E-state index contributed by atoms with van der Waals surface area (Å²) in [5, 5.41) is 20.9. The highest BCUT2D eigenvalue weighted by Gasteiger charge is 2.53. The Morgan fingerprint density at radius 2 is 1.65 bits per heavy atom. The first-order valence-corrected chi connectivity index (χ1v) is 16.4. The number of aromatic amines is 1. The molecule has 5 atom stereocenters. The third kappa shape index (κ3) is 6.98. The predicted molar refractivity (Wildman–Crippen MR) is 186 cm³/mol. The van der Waals surface area contributed by atoms with Gasteiger partial charge in [0.1, 0.15) is 48.3 Å². The van der Waals surface area contributed by atoms with Crippen molar-refractivity contribution in [3.63, 3.8) is 0 Å². The SMILES string of the molecule is COc1ccc(C(OC(C(C)=O)[C@H]2O[C@@H](n3cnc4c(=O)[nH]c(N)nc43)[C@H](OCOCCC#N)[C@@H]2O)(c2ccccc2)c2ccc(OC)cc2)cc1. The molecule has 6 rings (SSSR count). The zero-order valence-corrected chi connectivity index (χ0v) is 28.7. The van der Waals surface area contributed by atoms with Crippen molar-refractivity contribution in [2.45, 2.75) is 49.6 Å². The minimum Gasteiger partial charge on any atom is -0.497 e. The minimum absolute atomic E-state index is 0.0266. The molecule has 5 aromatic rings. The molecular formula is C37H38N6O9. The van der Waals surface area contributed by atoms with E-state index in [1.807, 2.05) is 60.7 Å². The molecule has 2 aromatic heterocycles. The molecule has 3 aromatic carbocycles. The third-order valence-corrected chi connectivity index (χ3v) is 8.85. The first-order valence-electron chi connectivity index (χ1n) is 16.4. The number of rotatable bonds is 15. The lowest BCUT2D eigenvalue weighted by Gasteiger charge is -2.40. The van der Waals surface area contributed by atoms with Crippen LogP contribution in [0.15, 0.2) is 90.0 Å². The highest BCUT2D eigenvalue weighted by Crippen LogP contribution is 2.45. The summed E-state index contributed by atoms with van der Waals surface area (Å²) in [6.07, 6.45) is -5.17. The van der Waals surface area contributed by atoms with Crippen LogP contribution in [0.25, 0.3) is 11.2 Å². The maximum absolute atomic E-state index is 13.8. The Kier molecular flexibility index (Phi) is 10.9. The summed E-state index contributed by atoms with van der Waals surface area (Å²) in [6.45, 7) is 1.11. The summed E-state index contributed by atoms with van der Waals surface area (Å²) in [5.74, 6) is 0.603. The number of ether oxygens (including phenoxy) is 6. The van der Waals surface area contributed by atoms with E-state index >= 15 is 0 Å². The molecule has 0 bridgehead atoms. The van der Waals surface area contributed by atoms with Crippen molar-refractivity contribution in [3.05, 3.63) is 112 Å². The number of aliphatic hydroxyl groups is 1. The van der Waals surface area contributed by atoms with Crippen LogP contribution in [0.3, 0.4) is 0 Å². The number of hydrogen-bond donors (Lipinski definition) is 3. The number of imidazole rings is 1. The van der Waals surface area contributed by atoms with Crippen LogP contribution in [-0.4, -0.2) is 82.4 Å². The van der Waals surface area contributed by atoms with Gasteiger partial charge in [0.2, 0.25) is 5.95 Å². The molecule has 1 saturated heterocycles. The van der Waals surface area contributed by atoms with E-state index in [2.05, 4.69) is 15.0 Å². The number of nitriles is 1. The number of nitrogens with two attached hydrogens (primary N) is 1.